The Morgan fingerprint density at radius 2 is 2.05 bits per heavy atom. The minimum atomic E-state index is -3.52. The first-order chi connectivity index (χ1) is 9.36. The van der Waals surface area contributed by atoms with E-state index in [1.54, 1.807) is 13.8 Å². The number of carbonyl (C=O) groups is 1. The van der Waals surface area contributed by atoms with Crippen LogP contribution in [0.15, 0.2) is 0 Å². The fourth-order valence-corrected chi connectivity index (χ4v) is 3.33. The smallest absolute Gasteiger partial charge is 0.309 e. The van der Waals surface area contributed by atoms with Crippen LogP contribution in [-0.2, 0) is 19.7 Å². The number of carbonyl (C=O) groups excluding carboxylic acids is 1. The van der Waals surface area contributed by atoms with Crippen LogP contribution in [0.2, 0.25) is 0 Å². The maximum Gasteiger partial charge on any atom is 0.309 e. The molecule has 0 aromatic rings. The fourth-order valence-electron chi connectivity index (χ4n) is 2.08. The molecule has 0 bridgehead atoms. The van der Waals surface area contributed by atoms with E-state index in [0.717, 1.165) is 0 Å². The number of nitrogens with one attached hydrogen (secondary N) is 1. The third kappa shape index (κ3) is 5.35. The van der Waals surface area contributed by atoms with Gasteiger partial charge in [0.05, 0.1) is 18.6 Å². The van der Waals surface area contributed by atoms with Gasteiger partial charge in [-0.15, -0.1) is 0 Å². The van der Waals surface area contributed by atoms with Crippen molar-refractivity contribution in [1.82, 2.24) is 9.03 Å². The van der Waals surface area contributed by atoms with Gasteiger partial charge in [0.1, 0.15) is 0 Å². The number of piperidine rings is 1. The van der Waals surface area contributed by atoms with Crippen molar-refractivity contribution < 1.29 is 23.1 Å². The van der Waals surface area contributed by atoms with Crippen molar-refractivity contribution in [3.63, 3.8) is 0 Å². The van der Waals surface area contributed by atoms with Gasteiger partial charge in [0.25, 0.3) is 10.2 Å². The largest absolute Gasteiger partial charge is 0.466 e. The van der Waals surface area contributed by atoms with Gasteiger partial charge in [-0.05, 0) is 33.1 Å². The second-order valence-corrected chi connectivity index (χ2v) is 6.72. The molecule has 1 saturated heterocycles. The van der Waals surface area contributed by atoms with Gasteiger partial charge >= 0.3 is 5.97 Å². The van der Waals surface area contributed by atoms with Crippen molar-refractivity contribution >= 4 is 16.2 Å². The van der Waals surface area contributed by atoms with E-state index in [1.807, 2.05) is 0 Å². The molecule has 0 radical (unpaired) electrons. The SMILES string of the molecule is CCOC(=O)C1CCN(S(=O)(=O)NCCC(C)O)CC1. The lowest BCUT2D eigenvalue weighted by atomic mass is 9.98. The molecule has 1 rings (SSSR count). The van der Waals surface area contributed by atoms with Gasteiger partial charge in [-0.3, -0.25) is 4.79 Å². The highest BCUT2D eigenvalue weighted by atomic mass is 32.2. The maximum atomic E-state index is 12.0. The molecule has 1 aliphatic heterocycles. The van der Waals surface area contributed by atoms with Crippen molar-refractivity contribution in [1.29, 1.82) is 0 Å². The highest BCUT2D eigenvalue weighted by molar-refractivity contribution is 7.87. The topological polar surface area (TPSA) is 95.9 Å². The molecule has 1 fully saturated rings. The van der Waals surface area contributed by atoms with Gasteiger partial charge < -0.3 is 9.84 Å². The molecule has 1 unspecified atom stereocenters. The zero-order chi connectivity index (χ0) is 15.2. The van der Waals surface area contributed by atoms with Crippen LogP contribution in [0.1, 0.15) is 33.1 Å². The Kier molecular flexibility index (Phi) is 6.87. The summed E-state index contributed by atoms with van der Waals surface area (Å²) in [5, 5.41) is 9.11. The van der Waals surface area contributed by atoms with Crippen LogP contribution in [0.4, 0.5) is 0 Å². The first-order valence-corrected chi connectivity index (χ1v) is 8.40. The highest BCUT2D eigenvalue weighted by Crippen LogP contribution is 2.20. The number of aliphatic hydroxyl groups excluding tert-OH is 1. The number of esters is 1. The molecule has 0 saturated carbocycles. The van der Waals surface area contributed by atoms with Gasteiger partial charge in [0.2, 0.25) is 0 Å². The molecule has 1 atom stereocenters. The molecule has 0 aromatic heterocycles. The number of hydrogen-bond donors (Lipinski definition) is 2. The van der Waals surface area contributed by atoms with Crippen LogP contribution in [0, 0.1) is 5.92 Å². The number of rotatable bonds is 7. The highest BCUT2D eigenvalue weighted by Gasteiger charge is 2.31. The fraction of sp³-hybridized carbons (Fsp3) is 0.917. The molecule has 0 amide bonds. The second-order valence-electron chi connectivity index (χ2n) is 4.96. The Morgan fingerprint density at radius 3 is 2.55 bits per heavy atom. The van der Waals surface area contributed by atoms with E-state index < -0.39 is 16.3 Å². The lowest BCUT2D eigenvalue weighted by Crippen LogP contribution is -2.46. The predicted molar refractivity (Wildman–Crippen MR) is 74.2 cm³/mol. The Balaban J connectivity index is 2.41. The van der Waals surface area contributed by atoms with Gasteiger partial charge in [0.15, 0.2) is 0 Å². The molecule has 7 nitrogen and oxygen atoms in total. The summed E-state index contributed by atoms with van der Waals surface area (Å²) in [6.07, 6.45) is 0.803. The summed E-state index contributed by atoms with van der Waals surface area (Å²) in [6, 6.07) is 0. The third-order valence-electron chi connectivity index (χ3n) is 3.26. The summed E-state index contributed by atoms with van der Waals surface area (Å²) in [4.78, 5) is 11.6. The first kappa shape index (κ1) is 17.4. The summed E-state index contributed by atoms with van der Waals surface area (Å²) in [5.74, 6) is -0.453. The van der Waals surface area contributed by atoms with E-state index in [1.165, 1.54) is 4.31 Å². The zero-order valence-corrected chi connectivity index (χ0v) is 12.9. The molecule has 0 aliphatic carbocycles. The Bertz CT molecular complexity index is 402. The van der Waals surface area contributed by atoms with Gasteiger partial charge in [0, 0.05) is 19.6 Å². The Labute approximate surface area is 120 Å². The van der Waals surface area contributed by atoms with Crippen LogP contribution >= 0.6 is 0 Å². The van der Waals surface area contributed by atoms with E-state index in [2.05, 4.69) is 4.72 Å². The van der Waals surface area contributed by atoms with Crippen LogP contribution < -0.4 is 4.72 Å². The molecule has 118 valence electrons. The van der Waals surface area contributed by atoms with Gasteiger partial charge in [-0.2, -0.15) is 12.7 Å². The number of nitrogens with zero attached hydrogens (tertiary/aromatic N) is 1. The monoisotopic (exact) mass is 308 g/mol. The molecular formula is C12H24N2O5S. The lowest BCUT2D eigenvalue weighted by Gasteiger charge is -2.30. The quantitative estimate of drug-likeness (QED) is 0.639. The minimum Gasteiger partial charge on any atom is -0.466 e. The molecule has 0 spiro atoms. The van der Waals surface area contributed by atoms with E-state index in [4.69, 9.17) is 9.84 Å². The molecular weight excluding hydrogens is 284 g/mol. The van der Waals surface area contributed by atoms with Crippen molar-refractivity contribution in [2.75, 3.05) is 26.2 Å². The van der Waals surface area contributed by atoms with Crippen molar-refractivity contribution in [2.24, 2.45) is 5.92 Å². The van der Waals surface area contributed by atoms with Crippen molar-refractivity contribution in [3.8, 4) is 0 Å². The molecule has 2 N–H and O–H groups in total. The second kappa shape index (κ2) is 7.92. The molecule has 0 aromatic carbocycles. The summed E-state index contributed by atoms with van der Waals surface area (Å²) in [7, 11) is -3.52. The Hall–Kier alpha value is -0.700. The summed E-state index contributed by atoms with van der Waals surface area (Å²) >= 11 is 0. The van der Waals surface area contributed by atoms with E-state index in [9.17, 15) is 13.2 Å². The van der Waals surface area contributed by atoms with Crippen LogP contribution in [-0.4, -0.2) is 56.1 Å². The van der Waals surface area contributed by atoms with E-state index in [-0.39, 0.29) is 18.4 Å². The summed E-state index contributed by atoms with van der Waals surface area (Å²) < 4.78 is 32.7. The number of ether oxygens (including phenoxy) is 1. The summed E-state index contributed by atoms with van der Waals surface area (Å²) in [5.41, 5.74) is 0. The van der Waals surface area contributed by atoms with Gasteiger partial charge in [-0.1, -0.05) is 0 Å². The number of hydrogen-bond acceptors (Lipinski definition) is 5. The van der Waals surface area contributed by atoms with Crippen molar-refractivity contribution in [3.05, 3.63) is 0 Å². The number of aliphatic hydroxyl groups is 1. The average Bonchev–Trinajstić information content (AvgIpc) is 2.38. The third-order valence-corrected chi connectivity index (χ3v) is 4.87. The minimum absolute atomic E-state index is 0.206. The van der Waals surface area contributed by atoms with Crippen LogP contribution in [0.5, 0.6) is 0 Å². The van der Waals surface area contributed by atoms with Gasteiger partial charge in [-0.25, -0.2) is 4.72 Å². The van der Waals surface area contributed by atoms with Crippen LogP contribution in [0.25, 0.3) is 0 Å². The molecule has 1 heterocycles. The average molecular weight is 308 g/mol. The zero-order valence-electron chi connectivity index (χ0n) is 12.0. The van der Waals surface area contributed by atoms with E-state index in [0.29, 0.717) is 39.0 Å². The first-order valence-electron chi connectivity index (χ1n) is 6.96. The van der Waals surface area contributed by atoms with E-state index >= 15 is 0 Å². The lowest BCUT2D eigenvalue weighted by molar-refractivity contribution is -0.149. The molecule has 8 heteroatoms. The molecule has 1 aliphatic rings. The summed E-state index contributed by atoms with van der Waals surface area (Å²) in [6.45, 7) is 4.54. The normalized spacial score (nSPS) is 19.8. The predicted octanol–water partition coefficient (Wildman–Crippen LogP) is -0.133. The van der Waals surface area contributed by atoms with Crippen molar-refractivity contribution in [2.45, 2.75) is 39.2 Å². The van der Waals surface area contributed by atoms with Crippen LogP contribution in [0.3, 0.4) is 0 Å². The molecule has 20 heavy (non-hydrogen) atoms. The Morgan fingerprint density at radius 1 is 1.45 bits per heavy atom. The standard InChI is InChI=1S/C12H24N2O5S/c1-3-19-12(16)11-5-8-14(9-6-11)20(17,18)13-7-4-10(2)15/h10-11,13,15H,3-9H2,1-2H3. The maximum absolute atomic E-state index is 12.0.